The number of fused-ring (bicyclic) bond motifs is 1. The Bertz CT molecular complexity index is 1550. The number of H-pyrrole nitrogens is 1. The van der Waals surface area contributed by atoms with E-state index in [0.29, 0.717) is 5.56 Å². The summed E-state index contributed by atoms with van der Waals surface area (Å²) in [5.74, 6) is 1.44. The van der Waals surface area contributed by atoms with Crippen molar-refractivity contribution in [1.29, 1.82) is 0 Å². The summed E-state index contributed by atoms with van der Waals surface area (Å²) in [6.45, 7) is 3.25. The molecule has 0 radical (unpaired) electrons. The van der Waals surface area contributed by atoms with Crippen LogP contribution in [0.2, 0.25) is 0 Å². The van der Waals surface area contributed by atoms with Crippen LogP contribution >= 0.6 is 0 Å². The van der Waals surface area contributed by atoms with Crippen molar-refractivity contribution in [1.82, 2.24) is 9.97 Å². The SMILES string of the molecule is COc1ccc(-c2ccc3nc(-c4ccc(C(=O)Nc5ccc(N6CCOCC6)cc5)cc4)[nH]c3c2)cc1. The molecule has 7 nitrogen and oxygen atoms in total. The maximum absolute atomic E-state index is 12.8. The number of imidazole rings is 1. The molecule has 2 heterocycles. The molecule has 1 fully saturated rings. The fraction of sp³-hybridized carbons (Fsp3) is 0.161. The Morgan fingerprint density at radius 3 is 2.26 bits per heavy atom. The molecule has 1 aromatic heterocycles. The molecule has 1 amide bonds. The van der Waals surface area contributed by atoms with Gasteiger partial charge in [-0.2, -0.15) is 0 Å². The van der Waals surface area contributed by atoms with Crippen LogP contribution in [0.5, 0.6) is 5.75 Å². The number of carbonyl (C=O) groups excluding carboxylic acids is 1. The van der Waals surface area contributed by atoms with Gasteiger partial charge in [0.1, 0.15) is 11.6 Å². The van der Waals surface area contributed by atoms with Crippen LogP contribution in [0.25, 0.3) is 33.5 Å². The fourth-order valence-electron chi connectivity index (χ4n) is 4.67. The summed E-state index contributed by atoms with van der Waals surface area (Å²) in [7, 11) is 1.66. The van der Waals surface area contributed by atoms with Crippen LogP contribution in [0.3, 0.4) is 0 Å². The number of nitrogens with zero attached hydrogens (tertiary/aromatic N) is 2. The Balaban J connectivity index is 1.14. The first-order valence-electron chi connectivity index (χ1n) is 12.6. The van der Waals surface area contributed by atoms with E-state index in [1.807, 2.05) is 78.9 Å². The third-order valence-electron chi connectivity index (χ3n) is 6.83. The summed E-state index contributed by atoms with van der Waals surface area (Å²) in [5.41, 5.74) is 7.45. The molecule has 5 aromatic rings. The zero-order valence-corrected chi connectivity index (χ0v) is 21.1. The predicted molar refractivity (Wildman–Crippen MR) is 151 cm³/mol. The second-order valence-electron chi connectivity index (χ2n) is 9.22. The zero-order chi connectivity index (χ0) is 25.9. The quantitative estimate of drug-likeness (QED) is 0.297. The number of aromatic amines is 1. The van der Waals surface area contributed by atoms with E-state index in [1.165, 1.54) is 0 Å². The number of hydrogen-bond donors (Lipinski definition) is 2. The molecule has 0 atom stereocenters. The summed E-state index contributed by atoms with van der Waals surface area (Å²) >= 11 is 0. The van der Waals surface area contributed by atoms with Gasteiger partial charge in [0, 0.05) is 35.6 Å². The van der Waals surface area contributed by atoms with Crippen molar-refractivity contribution in [3.63, 3.8) is 0 Å². The molecule has 7 heteroatoms. The lowest BCUT2D eigenvalue weighted by molar-refractivity contribution is 0.102. The summed E-state index contributed by atoms with van der Waals surface area (Å²) in [5, 5.41) is 2.98. The molecule has 2 N–H and O–H groups in total. The Labute approximate surface area is 221 Å². The van der Waals surface area contributed by atoms with Crippen LogP contribution in [0.15, 0.2) is 91.0 Å². The van der Waals surface area contributed by atoms with Crippen molar-refractivity contribution in [3.05, 3.63) is 96.6 Å². The predicted octanol–water partition coefficient (Wildman–Crippen LogP) is 5.99. The topological polar surface area (TPSA) is 79.5 Å². The number of amides is 1. The third kappa shape index (κ3) is 4.96. The van der Waals surface area contributed by atoms with E-state index in [2.05, 4.69) is 27.3 Å². The Hall–Kier alpha value is -4.62. The largest absolute Gasteiger partial charge is 0.497 e. The molecular formula is C31H28N4O3. The molecule has 38 heavy (non-hydrogen) atoms. The number of benzene rings is 4. The van der Waals surface area contributed by atoms with Crippen LogP contribution in [0, 0.1) is 0 Å². The first-order chi connectivity index (χ1) is 18.7. The minimum atomic E-state index is -0.149. The van der Waals surface area contributed by atoms with Crippen molar-refractivity contribution in [2.24, 2.45) is 0 Å². The lowest BCUT2D eigenvalue weighted by Crippen LogP contribution is -2.36. The van der Waals surface area contributed by atoms with Crippen LogP contribution in [0.4, 0.5) is 11.4 Å². The number of methoxy groups -OCH3 is 1. The summed E-state index contributed by atoms with van der Waals surface area (Å²) in [6, 6.07) is 29.6. The highest BCUT2D eigenvalue weighted by atomic mass is 16.5. The van der Waals surface area contributed by atoms with Crippen LogP contribution in [0.1, 0.15) is 10.4 Å². The van der Waals surface area contributed by atoms with Gasteiger partial charge in [-0.1, -0.05) is 30.3 Å². The normalized spacial score (nSPS) is 13.4. The second-order valence-corrected chi connectivity index (χ2v) is 9.22. The van der Waals surface area contributed by atoms with Crippen LogP contribution in [-0.2, 0) is 4.74 Å². The Kier molecular flexibility index (Phi) is 6.50. The molecule has 1 aliphatic heterocycles. The third-order valence-corrected chi connectivity index (χ3v) is 6.83. The lowest BCUT2D eigenvalue weighted by Gasteiger charge is -2.28. The van der Waals surface area contributed by atoms with E-state index in [4.69, 9.17) is 14.5 Å². The van der Waals surface area contributed by atoms with Crippen molar-refractivity contribution in [3.8, 4) is 28.3 Å². The molecule has 0 unspecified atom stereocenters. The maximum atomic E-state index is 12.8. The summed E-state index contributed by atoms with van der Waals surface area (Å²) in [4.78, 5) is 23.3. The minimum absolute atomic E-state index is 0.149. The van der Waals surface area contributed by atoms with E-state index in [0.717, 1.165) is 77.0 Å². The molecule has 4 aromatic carbocycles. The number of aromatic nitrogens is 2. The molecule has 190 valence electrons. The van der Waals surface area contributed by atoms with Crippen molar-refractivity contribution >= 4 is 28.3 Å². The average molecular weight is 505 g/mol. The molecule has 1 saturated heterocycles. The summed E-state index contributed by atoms with van der Waals surface area (Å²) < 4.78 is 10.7. The maximum Gasteiger partial charge on any atom is 0.255 e. The Morgan fingerprint density at radius 2 is 1.55 bits per heavy atom. The first kappa shape index (κ1) is 23.8. The monoisotopic (exact) mass is 504 g/mol. The van der Waals surface area contributed by atoms with Gasteiger partial charge in [-0.05, 0) is 71.8 Å². The second kappa shape index (κ2) is 10.4. The highest BCUT2D eigenvalue weighted by Crippen LogP contribution is 2.28. The van der Waals surface area contributed by atoms with Crippen LogP contribution < -0.4 is 15.0 Å². The molecule has 1 aliphatic rings. The van der Waals surface area contributed by atoms with Gasteiger partial charge < -0.3 is 24.7 Å². The highest BCUT2D eigenvalue weighted by Gasteiger charge is 2.13. The zero-order valence-electron chi connectivity index (χ0n) is 21.1. The number of carbonyl (C=O) groups is 1. The van der Waals surface area contributed by atoms with Gasteiger partial charge in [0.15, 0.2) is 0 Å². The number of ether oxygens (including phenoxy) is 2. The number of rotatable bonds is 6. The van der Waals surface area contributed by atoms with Gasteiger partial charge in [-0.3, -0.25) is 4.79 Å². The van der Waals surface area contributed by atoms with Gasteiger partial charge >= 0.3 is 0 Å². The van der Waals surface area contributed by atoms with Crippen molar-refractivity contribution in [2.45, 2.75) is 0 Å². The van der Waals surface area contributed by atoms with Gasteiger partial charge in [0.2, 0.25) is 0 Å². The first-order valence-corrected chi connectivity index (χ1v) is 12.6. The number of hydrogen-bond acceptors (Lipinski definition) is 5. The molecular weight excluding hydrogens is 476 g/mol. The van der Waals surface area contributed by atoms with Crippen molar-refractivity contribution < 1.29 is 14.3 Å². The molecule has 0 saturated carbocycles. The van der Waals surface area contributed by atoms with Gasteiger partial charge in [0.05, 0.1) is 31.4 Å². The van der Waals surface area contributed by atoms with Crippen LogP contribution in [-0.4, -0.2) is 49.3 Å². The lowest BCUT2D eigenvalue weighted by atomic mass is 10.1. The fourth-order valence-corrected chi connectivity index (χ4v) is 4.67. The van der Waals surface area contributed by atoms with Gasteiger partial charge in [-0.25, -0.2) is 4.98 Å². The van der Waals surface area contributed by atoms with E-state index < -0.39 is 0 Å². The van der Waals surface area contributed by atoms with E-state index in [-0.39, 0.29) is 5.91 Å². The molecule has 0 aliphatic carbocycles. The number of nitrogens with one attached hydrogen (secondary N) is 2. The number of morpholine rings is 1. The van der Waals surface area contributed by atoms with Crippen molar-refractivity contribution in [2.75, 3.05) is 43.6 Å². The molecule has 0 spiro atoms. The highest BCUT2D eigenvalue weighted by molar-refractivity contribution is 6.04. The smallest absolute Gasteiger partial charge is 0.255 e. The molecule has 6 rings (SSSR count). The van der Waals surface area contributed by atoms with Gasteiger partial charge in [-0.15, -0.1) is 0 Å². The minimum Gasteiger partial charge on any atom is -0.497 e. The number of anilines is 2. The van der Waals surface area contributed by atoms with E-state index in [9.17, 15) is 4.79 Å². The Morgan fingerprint density at radius 1 is 0.868 bits per heavy atom. The average Bonchev–Trinajstić information content (AvgIpc) is 3.42. The van der Waals surface area contributed by atoms with Gasteiger partial charge in [0.25, 0.3) is 5.91 Å². The summed E-state index contributed by atoms with van der Waals surface area (Å²) in [6.07, 6.45) is 0. The molecule has 0 bridgehead atoms. The van der Waals surface area contributed by atoms with E-state index in [1.54, 1.807) is 7.11 Å². The van der Waals surface area contributed by atoms with E-state index >= 15 is 0 Å². The standard InChI is InChI=1S/C31H28N4O3/c1-37-27-13-6-21(7-14-27)24-8-15-28-29(20-24)34-30(33-28)22-2-4-23(5-3-22)31(36)32-25-9-11-26(12-10-25)35-16-18-38-19-17-35/h2-15,20H,16-19H2,1H3,(H,32,36)(H,33,34).